The second-order valence-electron chi connectivity index (χ2n) is 14.7. The van der Waals surface area contributed by atoms with E-state index in [0.717, 1.165) is 43.1 Å². The third-order valence-corrected chi connectivity index (χ3v) is 12.5. The summed E-state index contributed by atoms with van der Waals surface area (Å²) in [5, 5.41) is 15.3. The zero-order valence-electron chi connectivity index (χ0n) is 25.4. The van der Waals surface area contributed by atoms with E-state index < -0.39 is 6.10 Å². The molecule has 0 bridgehead atoms. The minimum Gasteiger partial charge on any atom is -0.466 e. The first-order valence-electron chi connectivity index (χ1n) is 16.4. The average molecular weight is 533 g/mol. The van der Waals surface area contributed by atoms with Gasteiger partial charge in [-0.1, -0.05) is 40.5 Å². The normalized spacial score (nSPS) is 39.8. The summed E-state index contributed by atoms with van der Waals surface area (Å²) in [7, 11) is 0. The minimum atomic E-state index is -0.441. The maximum Gasteiger partial charge on any atom is 0.302 e. The van der Waals surface area contributed by atoms with Crippen LogP contribution in [0, 0.1) is 52.3 Å². The number of rotatable bonds is 12. The SMILES string of the molecule is CC(=O)OCC(C)CC(O)C(NCCCCN)[C@@H](C)[C@H]1CC[C@H]2[C@@H]3CCC4CCCC[C@]4(C)[C@H]3CC[C@]12C. The molecule has 0 saturated heterocycles. The van der Waals surface area contributed by atoms with Crippen LogP contribution in [0.25, 0.3) is 0 Å². The smallest absolute Gasteiger partial charge is 0.302 e. The number of carbonyl (C=O) groups is 1. The lowest BCUT2D eigenvalue weighted by atomic mass is 9.44. The predicted octanol–water partition coefficient (Wildman–Crippen LogP) is 6.32. The van der Waals surface area contributed by atoms with Crippen LogP contribution in [-0.4, -0.2) is 42.9 Å². The van der Waals surface area contributed by atoms with Gasteiger partial charge in [0.15, 0.2) is 0 Å². The molecular formula is C33H60N2O3. The molecule has 0 radical (unpaired) electrons. The van der Waals surface area contributed by atoms with Crippen LogP contribution < -0.4 is 11.1 Å². The lowest BCUT2D eigenvalue weighted by Crippen LogP contribution is -2.55. The Balaban J connectivity index is 1.47. The van der Waals surface area contributed by atoms with E-state index in [2.05, 4.69) is 33.0 Å². The summed E-state index contributed by atoms with van der Waals surface area (Å²) in [5.41, 5.74) is 6.74. The van der Waals surface area contributed by atoms with Gasteiger partial charge in [0.1, 0.15) is 0 Å². The molecule has 5 nitrogen and oxygen atoms in total. The first kappa shape index (κ1) is 30.3. The average Bonchev–Trinajstić information content (AvgIpc) is 3.24. The molecule has 38 heavy (non-hydrogen) atoms. The lowest BCUT2D eigenvalue weighted by Gasteiger charge is -2.61. The molecule has 0 aromatic rings. The zero-order valence-corrected chi connectivity index (χ0v) is 25.4. The Kier molecular flexibility index (Phi) is 10.3. The number of unbranched alkanes of at least 4 members (excludes halogenated alkanes) is 1. The van der Waals surface area contributed by atoms with Gasteiger partial charge in [0, 0.05) is 13.0 Å². The Morgan fingerprint density at radius 3 is 2.50 bits per heavy atom. The number of aliphatic hydroxyl groups is 1. The molecule has 4 fully saturated rings. The fourth-order valence-electron chi connectivity index (χ4n) is 10.5. The highest BCUT2D eigenvalue weighted by Gasteiger charge is 2.60. The van der Waals surface area contributed by atoms with Crippen LogP contribution in [0.3, 0.4) is 0 Å². The second kappa shape index (κ2) is 12.9. The molecule has 0 aromatic carbocycles. The number of hydrogen-bond donors (Lipinski definition) is 3. The van der Waals surface area contributed by atoms with Gasteiger partial charge < -0.3 is 20.9 Å². The Morgan fingerprint density at radius 1 is 1.00 bits per heavy atom. The van der Waals surface area contributed by atoms with E-state index in [1.807, 2.05) is 0 Å². The molecule has 4 unspecified atom stereocenters. The summed E-state index contributed by atoms with van der Waals surface area (Å²) in [6.45, 7) is 13.3. The van der Waals surface area contributed by atoms with Crippen molar-refractivity contribution < 1.29 is 14.6 Å². The number of aliphatic hydroxyl groups excluding tert-OH is 1. The highest BCUT2D eigenvalue weighted by atomic mass is 16.5. The lowest BCUT2D eigenvalue weighted by molar-refractivity contribution is -0.142. The highest BCUT2D eigenvalue weighted by Crippen LogP contribution is 2.68. The van der Waals surface area contributed by atoms with Gasteiger partial charge in [-0.25, -0.2) is 0 Å². The number of nitrogens with one attached hydrogen (secondary N) is 1. The van der Waals surface area contributed by atoms with Crippen molar-refractivity contribution >= 4 is 5.97 Å². The third kappa shape index (κ3) is 6.15. The van der Waals surface area contributed by atoms with Gasteiger partial charge in [0.05, 0.1) is 12.7 Å². The van der Waals surface area contributed by atoms with E-state index in [9.17, 15) is 9.90 Å². The standard InChI is InChI=1S/C33H60N2O3/c1-22(21-38-24(3)36)20-30(37)31(35-19-9-8-18-34)23(2)27-13-14-28-26-12-11-25-10-6-7-16-32(25,4)29(26)15-17-33(27,28)5/h22-23,25-31,35,37H,6-21,34H2,1-5H3/t22?,23-,25?,26-,27+,28-,29-,30?,31?,32-,33+/m0/s1. The first-order chi connectivity index (χ1) is 18.1. The van der Waals surface area contributed by atoms with Crippen molar-refractivity contribution in [3.63, 3.8) is 0 Å². The van der Waals surface area contributed by atoms with Gasteiger partial charge in [-0.05, 0) is 136 Å². The topological polar surface area (TPSA) is 84.6 Å². The van der Waals surface area contributed by atoms with E-state index in [1.54, 1.807) is 0 Å². The summed E-state index contributed by atoms with van der Waals surface area (Å²) in [5.74, 6) is 4.64. The van der Waals surface area contributed by atoms with Crippen LogP contribution in [0.4, 0.5) is 0 Å². The molecule has 0 amide bonds. The summed E-state index contributed by atoms with van der Waals surface area (Å²) >= 11 is 0. The van der Waals surface area contributed by atoms with Crippen molar-refractivity contribution in [1.82, 2.24) is 5.32 Å². The van der Waals surface area contributed by atoms with Crippen LogP contribution in [0.5, 0.6) is 0 Å². The van der Waals surface area contributed by atoms with Crippen molar-refractivity contribution in [3.8, 4) is 0 Å². The zero-order chi connectivity index (χ0) is 27.5. The van der Waals surface area contributed by atoms with Gasteiger partial charge in [0.25, 0.3) is 0 Å². The molecule has 0 heterocycles. The largest absolute Gasteiger partial charge is 0.466 e. The second-order valence-corrected chi connectivity index (χ2v) is 14.7. The van der Waals surface area contributed by atoms with Crippen molar-refractivity contribution in [3.05, 3.63) is 0 Å². The fraction of sp³-hybridized carbons (Fsp3) is 0.970. The Morgan fingerprint density at radius 2 is 1.76 bits per heavy atom. The molecule has 5 heteroatoms. The Hall–Kier alpha value is -0.650. The molecule has 0 aliphatic heterocycles. The monoisotopic (exact) mass is 532 g/mol. The quantitative estimate of drug-likeness (QED) is 0.202. The van der Waals surface area contributed by atoms with Crippen LogP contribution in [-0.2, 0) is 9.53 Å². The van der Waals surface area contributed by atoms with Gasteiger partial charge in [0.2, 0.25) is 0 Å². The van der Waals surface area contributed by atoms with E-state index in [0.29, 0.717) is 42.2 Å². The van der Waals surface area contributed by atoms with E-state index in [1.165, 1.54) is 71.1 Å². The summed E-state index contributed by atoms with van der Waals surface area (Å²) in [6.07, 6.45) is 16.5. The van der Waals surface area contributed by atoms with Crippen LogP contribution in [0.15, 0.2) is 0 Å². The van der Waals surface area contributed by atoms with Crippen LogP contribution in [0.1, 0.15) is 118 Å². The maximum atomic E-state index is 11.5. The molecule has 220 valence electrons. The third-order valence-electron chi connectivity index (χ3n) is 12.5. The number of ether oxygens (including phenoxy) is 1. The molecule has 0 spiro atoms. The van der Waals surface area contributed by atoms with Crippen molar-refractivity contribution in [2.24, 2.45) is 58.0 Å². The predicted molar refractivity (Wildman–Crippen MR) is 155 cm³/mol. The summed E-state index contributed by atoms with van der Waals surface area (Å²) in [6, 6.07) is 0.0671. The Bertz CT molecular complexity index is 775. The molecule has 0 aromatic heterocycles. The fourth-order valence-corrected chi connectivity index (χ4v) is 10.5. The van der Waals surface area contributed by atoms with Gasteiger partial charge in [-0.2, -0.15) is 0 Å². The highest BCUT2D eigenvalue weighted by molar-refractivity contribution is 5.65. The number of fused-ring (bicyclic) bond motifs is 5. The number of hydrogen-bond acceptors (Lipinski definition) is 5. The molecule has 4 aliphatic carbocycles. The van der Waals surface area contributed by atoms with E-state index in [-0.39, 0.29) is 17.9 Å². The maximum absolute atomic E-state index is 11.5. The number of carbonyl (C=O) groups excluding carboxylic acids is 1. The van der Waals surface area contributed by atoms with Crippen molar-refractivity contribution in [1.29, 1.82) is 0 Å². The number of esters is 1. The Labute approximate surface area is 233 Å². The van der Waals surface area contributed by atoms with E-state index >= 15 is 0 Å². The molecule has 11 atom stereocenters. The molecular weight excluding hydrogens is 472 g/mol. The summed E-state index contributed by atoms with van der Waals surface area (Å²) in [4.78, 5) is 11.3. The van der Waals surface area contributed by atoms with Gasteiger partial charge in [-0.15, -0.1) is 0 Å². The summed E-state index contributed by atoms with van der Waals surface area (Å²) < 4.78 is 5.26. The van der Waals surface area contributed by atoms with Gasteiger partial charge >= 0.3 is 5.97 Å². The minimum absolute atomic E-state index is 0.0671. The van der Waals surface area contributed by atoms with Crippen LogP contribution >= 0.6 is 0 Å². The van der Waals surface area contributed by atoms with Crippen molar-refractivity contribution in [2.75, 3.05) is 19.7 Å². The molecule has 4 saturated carbocycles. The first-order valence-corrected chi connectivity index (χ1v) is 16.4. The molecule has 4 N–H and O–H groups in total. The van der Waals surface area contributed by atoms with Gasteiger partial charge in [-0.3, -0.25) is 4.79 Å². The van der Waals surface area contributed by atoms with Crippen molar-refractivity contribution in [2.45, 2.75) is 130 Å². The van der Waals surface area contributed by atoms with E-state index in [4.69, 9.17) is 10.5 Å². The molecule has 4 aliphatic rings. The molecule has 4 rings (SSSR count). The number of nitrogens with two attached hydrogens (primary N) is 1. The van der Waals surface area contributed by atoms with Crippen LogP contribution in [0.2, 0.25) is 0 Å².